The highest BCUT2D eigenvalue weighted by atomic mass is 79.9. The first-order valence-electron chi connectivity index (χ1n) is 19.1. The van der Waals surface area contributed by atoms with Crippen LogP contribution in [0, 0.1) is 0 Å². The van der Waals surface area contributed by atoms with Gasteiger partial charge < -0.3 is 35.0 Å². The second-order valence-corrected chi connectivity index (χ2v) is 15.6. The van der Waals surface area contributed by atoms with E-state index in [1.54, 1.807) is 12.4 Å². The lowest BCUT2D eigenvalue weighted by atomic mass is 10.1. The van der Waals surface area contributed by atoms with Crippen molar-refractivity contribution in [2.24, 2.45) is 0 Å². The number of halogens is 2. The average Bonchev–Trinajstić information content (AvgIpc) is 3.86. The minimum Gasteiger partial charge on any atom is -0.492 e. The summed E-state index contributed by atoms with van der Waals surface area (Å²) >= 11 is 6.86. The van der Waals surface area contributed by atoms with Crippen LogP contribution in [0.5, 0.6) is 11.5 Å². The molecule has 0 radical (unpaired) electrons. The van der Waals surface area contributed by atoms with Crippen molar-refractivity contribution in [1.82, 2.24) is 45.4 Å². The first kappa shape index (κ1) is 39.6. The molecule has 2 atom stereocenters. The molecular weight excluding hydrogens is 834 g/mol. The van der Waals surface area contributed by atoms with Crippen LogP contribution in [0.15, 0.2) is 112 Å². The molecule has 0 spiro atoms. The summed E-state index contributed by atoms with van der Waals surface area (Å²) in [7, 11) is 0. The van der Waals surface area contributed by atoms with Crippen LogP contribution in [0.4, 0.5) is 0 Å². The van der Waals surface area contributed by atoms with Crippen molar-refractivity contribution in [2.75, 3.05) is 45.9 Å². The molecule has 1 aliphatic rings. The Kier molecular flexibility index (Phi) is 13.8. The van der Waals surface area contributed by atoms with Crippen molar-refractivity contribution in [3.63, 3.8) is 0 Å². The largest absolute Gasteiger partial charge is 0.492 e. The standard InChI is InChI=1S/C22H21BrN4O.C21H26BrN5O/c1-15(16-5-3-2-4-6-16)24-11-12-28-19-9-7-17(8-10-19)21-26-20-13-18(23)14-25-22(20)27-21;1-2-27-10-3-4-17(14-27)23-9-11-28-18-7-5-15(6-8-18)20-25-19-12-16(22)13-24-21(19)26-20/h2-10,13-15,24H,11-12H2,1H3,(H,25,26,27);5-8,12-13,17,23H,2-4,9-11,14H2,1H3,(H,24,25,26). The van der Waals surface area contributed by atoms with E-state index in [0.29, 0.717) is 36.6 Å². The second-order valence-electron chi connectivity index (χ2n) is 13.7. The van der Waals surface area contributed by atoms with E-state index in [2.05, 4.69) is 115 Å². The molecule has 8 rings (SSSR count). The zero-order valence-corrected chi connectivity index (χ0v) is 34.8. The van der Waals surface area contributed by atoms with Crippen molar-refractivity contribution in [2.45, 2.75) is 38.8 Å². The molecule has 1 fully saturated rings. The molecular formula is C43H47Br2N9O2. The maximum atomic E-state index is 5.89. The molecule has 2 unspecified atom stereocenters. The van der Waals surface area contributed by atoms with E-state index in [0.717, 1.165) is 80.4 Å². The number of fused-ring (bicyclic) bond motifs is 2. The third kappa shape index (κ3) is 10.8. The SMILES string of the molecule is CC(NCCOc1ccc(-c2nc3ncc(Br)cc3[nH]2)cc1)c1ccccc1.CCN1CCCC(NCCOc2ccc(-c3nc4ncc(Br)cc4[nH]3)cc2)C1. The van der Waals surface area contributed by atoms with Gasteiger partial charge in [0.25, 0.3) is 0 Å². The van der Waals surface area contributed by atoms with E-state index in [-0.39, 0.29) is 0 Å². The maximum Gasteiger partial charge on any atom is 0.178 e. The number of likely N-dealkylation sites (N-methyl/N-ethyl adjacent to an activating group) is 1. The summed E-state index contributed by atoms with van der Waals surface area (Å²) in [4.78, 5) is 26.8. The number of benzene rings is 3. The number of pyridine rings is 2. The normalized spacial score (nSPS) is 15.0. The Morgan fingerprint density at radius 2 is 1.32 bits per heavy atom. The van der Waals surface area contributed by atoms with Crippen molar-refractivity contribution in [1.29, 1.82) is 0 Å². The van der Waals surface area contributed by atoms with Gasteiger partial charge in [-0.2, -0.15) is 0 Å². The molecule has 4 aromatic heterocycles. The van der Waals surface area contributed by atoms with E-state index < -0.39 is 0 Å². The number of hydrogen-bond donors (Lipinski definition) is 4. The molecule has 1 aliphatic heterocycles. The van der Waals surface area contributed by atoms with Crippen LogP contribution < -0.4 is 20.1 Å². The average molecular weight is 882 g/mol. The number of nitrogens with zero attached hydrogens (tertiary/aromatic N) is 5. The molecule has 56 heavy (non-hydrogen) atoms. The number of hydrogen-bond acceptors (Lipinski definition) is 9. The number of likely N-dealkylation sites (tertiary alicyclic amines) is 1. The first-order valence-corrected chi connectivity index (χ1v) is 20.7. The number of aromatic amines is 2. The Bertz CT molecular complexity index is 2280. The lowest BCUT2D eigenvalue weighted by Crippen LogP contribution is -2.46. The Hall–Kier alpha value is -4.66. The molecule has 0 bridgehead atoms. The van der Waals surface area contributed by atoms with Crippen LogP contribution in [0.1, 0.15) is 38.3 Å². The lowest BCUT2D eigenvalue weighted by molar-refractivity contribution is 0.193. The summed E-state index contributed by atoms with van der Waals surface area (Å²) in [6.07, 6.45) is 6.04. The summed E-state index contributed by atoms with van der Waals surface area (Å²) in [5.74, 6) is 3.33. The fourth-order valence-electron chi connectivity index (χ4n) is 6.69. The van der Waals surface area contributed by atoms with Crippen LogP contribution in [-0.4, -0.2) is 86.8 Å². The van der Waals surface area contributed by atoms with E-state index >= 15 is 0 Å². The monoisotopic (exact) mass is 879 g/mol. The summed E-state index contributed by atoms with van der Waals surface area (Å²) in [6, 6.07) is 31.2. The van der Waals surface area contributed by atoms with Crippen LogP contribution in [0.3, 0.4) is 0 Å². The number of imidazole rings is 2. The highest BCUT2D eigenvalue weighted by Crippen LogP contribution is 2.25. The van der Waals surface area contributed by atoms with E-state index in [1.807, 2.05) is 66.7 Å². The van der Waals surface area contributed by atoms with Gasteiger partial charge in [0.2, 0.25) is 0 Å². The van der Waals surface area contributed by atoms with E-state index in [9.17, 15) is 0 Å². The highest BCUT2D eigenvalue weighted by molar-refractivity contribution is 9.10. The maximum absolute atomic E-state index is 5.89. The number of rotatable bonds is 14. The van der Waals surface area contributed by atoms with Gasteiger partial charge in [0.1, 0.15) is 36.4 Å². The van der Waals surface area contributed by atoms with Crippen molar-refractivity contribution >= 4 is 54.2 Å². The molecule has 5 heterocycles. The van der Waals surface area contributed by atoms with Gasteiger partial charge in [-0.25, -0.2) is 19.9 Å². The van der Waals surface area contributed by atoms with Crippen molar-refractivity contribution < 1.29 is 9.47 Å². The zero-order chi connectivity index (χ0) is 38.7. The fraction of sp³-hybridized carbons (Fsp3) is 0.302. The number of aromatic nitrogens is 6. The van der Waals surface area contributed by atoms with Gasteiger partial charge in [0.05, 0.1) is 11.0 Å². The molecule has 290 valence electrons. The van der Waals surface area contributed by atoms with Gasteiger partial charge in [-0.3, -0.25) is 0 Å². The smallest absolute Gasteiger partial charge is 0.178 e. The molecule has 4 N–H and O–H groups in total. The van der Waals surface area contributed by atoms with Gasteiger partial charge in [-0.05, 0) is 131 Å². The topological polar surface area (TPSA) is 129 Å². The van der Waals surface area contributed by atoms with Crippen LogP contribution in [0.25, 0.3) is 45.1 Å². The predicted octanol–water partition coefficient (Wildman–Crippen LogP) is 8.96. The Morgan fingerprint density at radius 1 is 0.768 bits per heavy atom. The quantitative estimate of drug-likeness (QED) is 0.0792. The van der Waals surface area contributed by atoms with E-state index in [4.69, 9.17) is 9.47 Å². The summed E-state index contributed by atoms with van der Waals surface area (Å²) in [5, 5.41) is 7.10. The van der Waals surface area contributed by atoms with Gasteiger partial charge >= 0.3 is 0 Å². The van der Waals surface area contributed by atoms with Gasteiger partial charge in [0.15, 0.2) is 11.3 Å². The third-order valence-electron chi connectivity index (χ3n) is 9.74. The third-order valence-corrected chi connectivity index (χ3v) is 10.6. The van der Waals surface area contributed by atoms with Gasteiger partial charge in [-0.1, -0.05) is 37.3 Å². The van der Waals surface area contributed by atoms with E-state index in [1.165, 1.54) is 24.9 Å². The summed E-state index contributed by atoms with van der Waals surface area (Å²) in [6.45, 7) is 10.8. The zero-order valence-electron chi connectivity index (χ0n) is 31.6. The van der Waals surface area contributed by atoms with Crippen LogP contribution in [-0.2, 0) is 0 Å². The fourth-order valence-corrected chi connectivity index (χ4v) is 7.35. The Balaban J connectivity index is 0.000000172. The molecule has 13 heteroatoms. The molecule has 0 aliphatic carbocycles. The van der Waals surface area contributed by atoms with Crippen molar-refractivity contribution in [3.8, 4) is 34.3 Å². The minimum absolute atomic E-state index is 0.300. The second kappa shape index (κ2) is 19.5. The minimum atomic E-state index is 0.300. The van der Waals surface area contributed by atoms with Crippen LogP contribution >= 0.6 is 31.9 Å². The van der Waals surface area contributed by atoms with Crippen LogP contribution in [0.2, 0.25) is 0 Å². The molecule has 3 aromatic carbocycles. The molecule has 0 saturated carbocycles. The van der Waals surface area contributed by atoms with Crippen molar-refractivity contribution in [3.05, 3.63) is 118 Å². The summed E-state index contributed by atoms with van der Waals surface area (Å²) in [5.41, 5.74) is 6.53. The molecule has 7 aromatic rings. The lowest BCUT2D eigenvalue weighted by Gasteiger charge is -2.32. The number of ether oxygens (including phenoxy) is 2. The summed E-state index contributed by atoms with van der Waals surface area (Å²) < 4.78 is 13.6. The molecule has 11 nitrogen and oxygen atoms in total. The predicted molar refractivity (Wildman–Crippen MR) is 231 cm³/mol. The number of nitrogens with one attached hydrogen (secondary N) is 4. The molecule has 0 amide bonds. The Morgan fingerprint density at radius 3 is 1.88 bits per heavy atom. The van der Waals surface area contributed by atoms with Gasteiger partial charge in [-0.15, -0.1) is 0 Å². The number of piperidine rings is 1. The number of H-pyrrole nitrogens is 2. The highest BCUT2D eigenvalue weighted by Gasteiger charge is 2.18. The Labute approximate surface area is 344 Å². The van der Waals surface area contributed by atoms with Gasteiger partial charge in [0, 0.05) is 64.2 Å². The molecule has 1 saturated heterocycles. The first-order chi connectivity index (χ1) is 27.4.